The van der Waals surface area contributed by atoms with Crippen LogP contribution in [0.1, 0.15) is 62.2 Å². The number of nitrogens with zero attached hydrogens (tertiary/aromatic N) is 1. The van der Waals surface area contributed by atoms with Crippen LogP contribution in [-0.4, -0.2) is 17.6 Å². The molecule has 4 nitrogen and oxygen atoms in total. The summed E-state index contributed by atoms with van der Waals surface area (Å²) in [5.74, 6) is 0.906. The largest absolute Gasteiger partial charge is 0.494 e. The van der Waals surface area contributed by atoms with Gasteiger partial charge in [-0.25, -0.2) is 9.78 Å². The van der Waals surface area contributed by atoms with Crippen LogP contribution in [0.15, 0.2) is 72.8 Å². The molecule has 3 aromatic carbocycles. The Kier molecular flexibility index (Phi) is 8.69. The second kappa shape index (κ2) is 12.3. The average molecular weight is 474 g/mol. The fourth-order valence-electron chi connectivity index (χ4n) is 3.76. The molecule has 0 aliphatic rings. The normalized spacial score (nSPS) is 11.0. The molecule has 0 amide bonds. The van der Waals surface area contributed by atoms with Gasteiger partial charge in [0.2, 0.25) is 0 Å². The van der Waals surface area contributed by atoms with E-state index in [1.165, 1.54) is 38.5 Å². The number of esters is 1. The van der Waals surface area contributed by atoms with Crippen LogP contribution in [-0.2, 0) is 0 Å². The predicted molar refractivity (Wildman–Crippen MR) is 140 cm³/mol. The lowest BCUT2D eigenvalue weighted by Gasteiger charge is -2.08. The van der Waals surface area contributed by atoms with Crippen molar-refractivity contribution in [3.63, 3.8) is 0 Å². The Morgan fingerprint density at radius 2 is 1.47 bits per heavy atom. The summed E-state index contributed by atoms with van der Waals surface area (Å²) >= 11 is 1.65. The summed E-state index contributed by atoms with van der Waals surface area (Å²) in [5.41, 5.74) is 2.50. The van der Waals surface area contributed by atoms with Crippen LogP contribution in [0.4, 0.5) is 0 Å². The third-order valence-corrected chi connectivity index (χ3v) is 6.80. The molecule has 1 aromatic heterocycles. The first kappa shape index (κ1) is 24.0. The predicted octanol–water partition coefficient (Wildman–Crippen LogP) is 8.31. The summed E-state index contributed by atoms with van der Waals surface area (Å²) in [5, 5.41) is 0.950. The summed E-state index contributed by atoms with van der Waals surface area (Å²) in [6.07, 6.45) is 8.80. The number of para-hydroxylation sites is 1. The number of benzene rings is 3. The molecule has 0 atom stereocenters. The van der Waals surface area contributed by atoms with Crippen LogP contribution < -0.4 is 9.47 Å². The number of aromatic nitrogens is 1. The Morgan fingerprint density at radius 3 is 2.21 bits per heavy atom. The minimum atomic E-state index is -0.383. The van der Waals surface area contributed by atoms with Crippen molar-refractivity contribution in [2.75, 3.05) is 6.61 Å². The standard InChI is InChI=1S/C29H31NO3S/c1-2-3-4-5-6-7-10-21-32-24-17-15-23(16-18-24)29(31)33-25-19-13-22(14-20-25)28-30-26-11-8-9-12-27(26)34-28/h8-9,11-20H,2-7,10,21H2,1H3. The molecule has 0 bridgehead atoms. The number of hydrogen-bond donors (Lipinski definition) is 0. The van der Waals surface area contributed by atoms with Crippen LogP contribution in [0.2, 0.25) is 0 Å². The number of carbonyl (C=O) groups is 1. The van der Waals surface area contributed by atoms with E-state index in [2.05, 4.69) is 18.0 Å². The maximum Gasteiger partial charge on any atom is 0.343 e. The van der Waals surface area contributed by atoms with Gasteiger partial charge in [-0.05, 0) is 67.1 Å². The first-order chi connectivity index (χ1) is 16.7. The second-order valence-corrected chi connectivity index (χ2v) is 9.43. The third kappa shape index (κ3) is 6.67. The monoisotopic (exact) mass is 473 g/mol. The van der Waals surface area contributed by atoms with Crippen molar-refractivity contribution < 1.29 is 14.3 Å². The van der Waals surface area contributed by atoms with E-state index in [-0.39, 0.29) is 5.97 Å². The van der Waals surface area contributed by atoms with E-state index in [9.17, 15) is 4.79 Å². The van der Waals surface area contributed by atoms with Crippen LogP contribution in [0.25, 0.3) is 20.8 Å². The molecule has 0 saturated heterocycles. The number of unbranched alkanes of at least 4 members (excludes halogenated alkanes) is 6. The summed E-state index contributed by atoms with van der Waals surface area (Å²) in [6, 6.07) is 22.7. The molecule has 0 N–H and O–H groups in total. The number of hydrogen-bond acceptors (Lipinski definition) is 5. The Hall–Kier alpha value is -3.18. The molecule has 176 valence electrons. The van der Waals surface area contributed by atoms with Crippen molar-refractivity contribution in [2.24, 2.45) is 0 Å². The summed E-state index contributed by atoms with van der Waals surface area (Å²) in [4.78, 5) is 17.2. The third-order valence-electron chi connectivity index (χ3n) is 5.71. The van der Waals surface area contributed by atoms with Crippen LogP contribution in [0.3, 0.4) is 0 Å². The summed E-state index contributed by atoms with van der Waals surface area (Å²) in [7, 11) is 0. The topological polar surface area (TPSA) is 48.4 Å². The highest BCUT2D eigenvalue weighted by atomic mass is 32.1. The highest BCUT2D eigenvalue weighted by molar-refractivity contribution is 7.21. The van der Waals surface area contributed by atoms with E-state index in [1.54, 1.807) is 35.6 Å². The smallest absolute Gasteiger partial charge is 0.343 e. The van der Waals surface area contributed by atoms with Crippen molar-refractivity contribution in [3.8, 4) is 22.1 Å². The molecule has 0 fully saturated rings. The Bertz CT molecular complexity index is 1150. The highest BCUT2D eigenvalue weighted by Crippen LogP contribution is 2.31. The van der Waals surface area contributed by atoms with Gasteiger partial charge >= 0.3 is 5.97 Å². The summed E-state index contributed by atoms with van der Waals surface area (Å²) in [6.45, 7) is 2.94. The lowest BCUT2D eigenvalue weighted by Crippen LogP contribution is -2.08. The first-order valence-electron chi connectivity index (χ1n) is 12.1. The number of ether oxygens (including phenoxy) is 2. The van der Waals surface area contributed by atoms with Gasteiger partial charge in [-0.3, -0.25) is 0 Å². The van der Waals surface area contributed by atoms with E-state index in [0.717, 1.165) is 33.0 Å². The van der Waals surface area contributed by atoms with Crippen molar-refractivity contribution in [2.45, 2.75) is 51.9 Å². The molecule has 34 heavy (non-hydrogen) atoms. The Balaban J connectivity index is 1.24. The highest BCUT2D eigenvalue weighted by Gasteiger charge is 2.10. The maximum atomic E-state index is 12.5. The molecule has 1 heterocycles. The number of carbonyl (C=O) groups excluding carboxylic acids is 1. The van der Waals surface area contributed by atoms with Crippen molar-refractivity contribution in [1.82, 2.24) is 4.98 Å². The van der Waals surface area contributed by atoms with E-state index in [0.29, 0.717) is 17.9 Å². The minimum Gasteiger partial charge on any atom is -0.494 e. The molecule has 4 aromatic rings. The lowest BCUT2D eigenvalue weighted by atomic mass is 10.1. The minimum absolute atomic E-state index is 0.383. The van der Waals surface area contributed by atoms with Gasteiger partial charge in [0, 0.05) is 5.56 Å². The van der Waals surface area contributed by atoms with E-state index < -0.39 is 0 Å². The van der Waals surface area contributed by atoms with Gasteiger partial charge in [0.05, 0.1) is 22.4 Å². The van der Waals surface area contributed by atoms with Gasteiger partial charge in [-0.2, -0.15) is 0 Å². The molecule has 0 spiro atoms. The van der Waals surface area contributed by atoms with Crippen LogP contribution in [0, 0.1) is 0 Å². The molecule has 4 rings (SSSR count). The van der Waals surface area contributed by atoms with E-state index >= 15 is 0 Å². The fraction of sp³-hybridized carbons (Fsp3) is 0.310. The van der Waals surface area contributed by atoms with Gasteiger partial charge in [0.15, 0.2) is 0 Å². The molecular weight excluding hydrogens is 442 g/mol. The number of thiazole rings is 1. The molecule has 0 saturated carbocycles. The molecular formula is C29H31NO3S. The van der Waals surface area contributed by atoms with Gasteiger partial charge in [0.1, 0.15) is 16.5 Å². The van der Waals surface area contributed by atoms with Gasteiger partial charge in [-0.1, -0.05) is 57.6 Å². The molecule has 0 radical (unpaired) electrons. The Morgan fingerprint density at radius 1 is 0.794 bits per heavy atom. The lowest BCUT2D eigenvalue weighted by molar-refractivity contribution is 0.0734. The summed E-state index contributed by atoms with van der Waals surface area (Å²) < 4.78 is 12.5. The SMILES string of the molecule is CCCCCCCCCOc1ccc(C(=O)Oc2ccc(-c3nc4ccccc4s3)cc2)cc1. The van der Waals surface area contributed by atoms with E-state index in [1.807, 2.05) is 42.5 Å². The average Bonchev–Trinajstić information content (AvgIpc) is 3.31. The Labute approximate surface area is 205 Å². The number of fused-ring (bicyclic) bond motifs is 1. The van der Waals surface area contributed by atoms with Gasteiger partial charge in [-0.15, -0.1) is 11.3 Å². The van der Waals surface area contributed by atoms with Crippen molar-refractivity contribution in [1.29, 1.82) is 0 Å². The van der Waals surface area contributed by atoms with Crippen LogP contribution in [0.5, 0.6) is 11.5 Å². The molecule has 5 heteroatoms. The van der Waals surface area contributed by atoms with E-state index in [4.69, 9.17) is 9.47 Å². The quantitative estimate of drug-likeness (QED) is 0.118. The van der Waals surface area contributed by atoms with Crippen LogP contribution >= 0.6 is 11.3 Å². The van der Waals surface area contributed by atoms with Crippen molar-refractivity contribution >= 4 is 27.5 Å². The maximum absolute atomic E-state index is 12.5. The zero-order chi connectivity index (χ0) is 23.6. The van der Waals surface area contributed by atoms with Gasteiger partial charge < -0.3 is 9.47 Å². The van der Waals surface area contributed by atoms with Crippen molar-refractivity contribution in [3.05, 3.63) is 78.4 Å². The number of rotatable bonds is 12. The molecule has 0 aliphatic heterocycles. The first-order valence-corrected chi connectivity index (χ1v) is 13.0. The molecule has 0 unspecified atom stereocenters. The zero-order valence-electron chi connectivity index (χ0n) is 19.7. The molecule has 0 aliphatic carbocycles. The zero-order valence-corrected chi connectivity index (χ0v) is 20.5. The van der Waals surface area contributed by atoms with Gasteiger partial charge in [0.25, 0.3) is 0 Å². The fourth-order valence-corrected chi connectivity index (χ4v) is 4.73. The second-order valence-electron chi connectivity index (χ2n) is 8.39.